The smallest absolute Gasteiger partial charge is 0.311 e. The number of aryl methyl sites for hydroxylation is 1. The first-order valence-electron chi connectivity index (χ1n) is 6.77. The number of carbonyl (C=O) groups is 2. The summed E-state index contributed by atoms with van der Waals surface area (Å²) in [5.41, 5.74) is 0.832. The normalized spacial score (nSPS) is 10.1. The van der Waals surface area contributed by atoms with Gasteiger partial charge in [0.05, 0.1) is 12.8 Å². The standard InChI is InChI=1S/C17H15FO4/c1-12-5-2-3-8-15(12)22-17(20)10-9-16(19)21-14-7-4-6-13(18)11-14/h2-8,11H,9-10H2,1H3. The van der Waals surface area contributed by atoms with E-state index in [0.29, 0.717) is 5.75 Å². The van der Waals surface area contributed by atoms with Gasteiger partial charge >= 0.3 is 11.9 Å². The van der Waals surface area contributed by atoms with Crippen molar-refractivity contribution in [2.45, 2.75) is 19.8 Å². The number of rotatable bonds is 5. The van der Waals surface area contributed by atoms with Crippen LogP contribution in [-0.2, 0) is 9.59 Å². The predicted octanol–water partition coefficient (Wildman–Crippen LogP) is 3.43. The van der Waals surface area contributed by atoms with Gasteiger partial charge in [0.15, 0.2) is 0 Å². The molecule has 5 heteroatoms. The van der Waals surface area contributed by atoms with Gasteiger partial charge in [0.1, 0.15) is 17.3 Å². The van der Waals surface area contributed by atoms with E-state index in [0.717, 1.165) is 11.6 Å². The van der Waals surface area contributed by atoms with Gasteiger partial charge in [-0.1, -0.05) is 24.3 Å². The molecule has 0 spiro atoms. The Hall–Kier alpha value is -2.69. The van der Waals surface area contributed by atoms with Crippen molar-refractivity contribution in [3.05, 3.63) is 59.9 Å². The average molecular weight is 302 g/mol. The first-order chi connectivity index (χ1) is 10.5. The molecule has 0 atom stereocenters. The van der Waals surface area contributed by atoms with Gasteiger partial charge < -0.3 is 9.47 Å². The van der Waals surface area contributed by atoms with Crippen molar-refractivity contribution >= 4 is 11.9 Å². The van der Waals surface area contributed by atoms with Crippen LogP contribution in [0.15, 0.2) is 48.5 Å². The Morgan fingerprint density at radius 2 is 1.64 bits per heavy atom. The highest BCUT2D eigenvalue weighted by molar-refractivity contribution is 5.80. The highest BCUT2D eigenvalue weighted by atomic mass is 19.1. The number of ether oxygens (including phenoxy) is 2. The molecule has 0 heterocycles. The van der Waals surface area contributed by atoms with Gasteiger partial charge in [-0.15, -0.1) is 0 Å². The van der Waals surface area contributed by atoms with Crippen LogP contribution in [0, 0.1) is 12.7 Å². The summed E-state index contributed by atoms with van der Waals surface area (Å²) in [6.07, 6.45) is -0.246. The van der Waals surface area contributed by atoms with E-state index in [9.17, 15) is 14.0 Å². The van der Waals surface area contributed by atoms with Crippen LogP contribution < -0.4 is 9.47 Å². The highest BCUT2D eigenvalue weighted by Crippen LogP contribution is 2.17. The van der Waals surface area contributed by atoms with Crippen molar-refractivity contribution in [2.24, 2.45) is 0 Å². The maximum atomic E-state index is 12.9. The van der Waals surface area contributed by atoms with E-state index < -0.39 is 17.8 Å². The number of esters is 2. The monoisotopic (exact) mass is 302 g/mol. The Balaban J connectivity index is 1.81. The number of benzene rings is 2. The van der Waals surface area contributed by atoms with Gasteiger partial charge in [-0.2, -0.15) is 0 Å². The molecule has 22 heavy (non-hydrogen) atoms. The molecule has 0 aliphatic carbocycles. The van der Waals surface area contributed by atoms with E-state index in [4.69, 9.17) is 9.47 Å². The number of carbonyl (C=O) groups excluding carboxylic acids is 2. The van der Waals surface area contributed by atoms with E-state index in [1.807, 2.05) is 19.1 Å². The molecule has 2 aromatic rings. The quantitative estimate of drug-likeness (QED) is 0.627. The van der Waals surface area contributed by atoms with Crippen LogP contribution in [0.25, 0.3) is 0 Å². The van der Waals surface area contributed by atoms with Crippen molar-refractivity contribution in [2.75, 3.05) is 0 Å². The van der Waals surface area contributed by atoms with E-state index >= 15 is 0 Å². The van der Waals surface area contributed by atoms with Crippen molar-refractivity contribution in [1.29, 1.82) is 0 Å². The fourth-order valence-electron chi connectivity index (χ4n) is 1.76. The molecule has 2 rings (SSSR count). The Bertz CT molecular complexity index is 682. The van der Waals surface area contributed by atoms with Crippen molar-refractivity contribution in [3.8, 4) is 11.5 Å². The number of hydrogen-bond acceptors (Lipinski definition) is 4. The molecule has 0 aliphatic heterocycles. The maximum Gasteiger partial charge on any atom is 0.311 e. The summed E-state index contributed by atoms with van der Waals surface area (Å²) in [6.45, 7) is 1.82. The number of para-hydroxylation sites is 1. The summed E-state index contributed by atoms with van der Waals surface area (Å²) < 4.78 is 23.0. The Kier molecular flexibility index (Phi) is 5.25. The van der Waals surface area contributed by atoms with Gasteiger partial charge in [0, 0.05) is 6.07 Å². The molecule has 0 bridgehead atoms. The van der Waals surface area contributed by atoms with Gasteiger partial charge in [-0.05, 0) is 30.7 Å². The third-order valence-corrected chi connectivity index (χ3v) is 2.88. The van der Waals surface area contributed by atoms with Crippen molar-refractivity contribution in [1.82, 2.24) is 0 Å². The Morgan fingerprint density at radius 3 is 2.32 bits per heavy atom. The lowest BCUT2D eigenvalue weighted by atomic mass is 10.2. The molecule has 0 radical (unpaired) electrons. The minimum absolute atomic E-state index is 0.109. The molecular weight excluding hydrogens is 287 g/mol. The topological polar surface area (TPSA) is 52.6 Å². The molecule has 4 nitrogen and oxygen atoms in total. The van der Waals surface area contributed by atoms with Gasteiger partial charge in [-0.3, -0.25) is 9.59 Å². The number of halogens is 1. The first kappa shape index (κ1) is 15.7. The molecular formula is C17H15FO4. The second-order valence-electron chi connectivity index (χ2n) is 4.67. The maximum absolute atomic E-state index is 12.9. The summed E-state index contributed by atoms with van der Waals surface area (Å²) in [7, 11) is 0. The van der Waals surface area contributed by atoms with Gasteiger partial charge in [0.25, 0.3) is 0 Å². The van der Waals surface area contributed by atoms with Crippen LogP contribution in [0.2, 0.25) is 0 Å². The summed E-state index contributed by atoms with van der Waals surface area (Å²) in [5, 5.41) is 0. The lowest BCUT2D eigenvalue weighted by Gasteiger charge is -2.07. The minimum atomic E-state index is -0.618. The molecule has 114 valence electrons. The molecule has 0 saturated heterocycles. The summed E-state index contributed by atoms with van der Waals surface area (Å²) in [5.74, 6) is -1.06. The zero-order valence-electron chi connectivity index (χ0n) is 12.0. The van der Waals surface area contributed by atoms with Crippen LogP contribution in [0.1, 0.15) is 18.4 Å². The highest BCUT2D eigenvalue weighted by Gasteiger charge is 2.12. The molecule has 0 amide bonds. The van der Waals surface area contributed by atoms with Crippen molar-refractivity contribution in [3.63, 3.8) is 0 Å². The fourth-order valence-corrected chi connectivity index (χ4v) is 1.76. The fraction of sp³-hybridized carbons (Fsp3) is 0.176. The Morgan fingerprint density at radius 1 is 0.955 bits per heavy atom. The van der Waals surface area contributed by atoms with Crippen molar-refractivity contribution < 1.29 is 23.5 Å². The predicted molar refractivity (Wildman–Crippen MR) is 78.1 cm³/mol. The van der Waals surface area contributed by atoms with E-state index in [-0.39, 0.29) is 18.6 Å². The first-order valence-corrected chi connectivity index (χ1v) is 6.77. The molecule has 2 aromatic carbocycles. The molecule has 0 N–H and O–H groups in total. The van der Waals surface area contributed by atoms with Crippen LogP contribution >= 0.6 is 0 Å². The van der Waals surface area contributed by atoms with E-state index in [1.165, 1.54) is 18.2 Å². The second kappa shape index (κ2) is 7.36. The number of hydrogen-bond donors (Lipinski definition) is 0. The molecule has 0 unspecified atom stereocenters. The molecule has 0 saturated carbocycles. The van der Waals surface area contributed by atoms with Crippen LogP contribution in [0.5, 0.6) is 11.5 Å². The lowest BCUT2D eigenvalue weighted by Crippen LogP contribution is -2.14. The lowest BCUT2D eigenvalue weighted by molar-refractivity contribution is -0.140. The summed E-state index contributed by atoms with van der Waals surface area (Å²) in [6, 6.07) is 12.3. The third kappa shape index (κ3) is 4.70. The van der Waals surface area contributed by atoms with Gasteiger partial charge in [0.2, 0.25) is 0 Å². The zero-order chi connectivity index (χ0) is 15.9. The molecule has 0 aliphatic rings. The molecule has 0 aromatic heterocycles. The SMILES string of the molecule is Cc1ccccc1OC(=O)CCC(=O)Oc1cccc(F)c1. The van der Waals surface area contributed by atoms with Crippen LogP contribution in [-0.4, -0.2) is 11.9 Å². The average Bonchev–Trinajstić information content (AvgIpc) is 2.48. The van der Waals surface area contributed by atoms with Gasteiger partial charge in [-0.25, -0.2) is 4.39 Å². The zero-order valence-corrected chi connectivity index (χ0v) is 12.0. The van der Waals surface area contributed by atoms with E-state index in [1.54, 1.807) is 12.1 Å². The van der Waals surface area contributed by atoms with Crippen LogP contribution in [0.3, 0.4) is 0 Å². The summed E-state index contributed by atoms with van der Waals surface area (Å²) in [4.78, 5) is 23.3. The van der Waals surface area contributed by atoms with E-state index in [2.05, 4.69) is 0 Å². The Labute approximate surface area is 127 Å². The second-order valence-corrected chi connectivity index (χ2v) is 4.67. The third-order valence-electron chi connectivity index (χ3n) is 2.88. The molecule has 0 fully saturated rings. The minimum Gasteiger partial charge on any atom is -0.426 e. The largest absolute Gasteiger partial charge is 0.426 e. The van der Waals surface area contributed by atoms with Crippen LogP contribution in [0.4, 0.5) is 4.39 Å². The summed E-state index contributed by atoms with van der Waals surface area (Å²) >= 11 is 0.